The Morgan fingerprint density at radius 2 is 2.03 bits per heavy atom. The normalized spacial score (nSPS) is 17.5. The van der Waals surface area contributed by atoms with Gasteiger partial charge in [-0.05, 0) is 26.7 Å². The monoisotopic (exact) mass is 470 g/mol. The molecule has 170 valence electrons. The number of imidazole rings is 1. The quantitative estimate of drug-likeness (QED) is 0.666. The number of halogens is 1. The Labute approximate surface area is 187 Å². The molecule has 2 heterocycles. The maximum absolute atomic E-state index is 13.0. The van der Waals surface area contributed by atoms with E-state index in [0.717, 1.165) is 0 Å². The van der Waals surface area contributed by atoms with E-state index in [1.54, 1.807) is 16.7 Å². The number of rotatable bonds is 7. The number of anilines is 1. The third kappa shape index (κ3) is 4.97. The van der Waals surface area contributed by atoms with Gasteiger partial charge in [-0.25, -0.2) is 13.4 Å². The van der Waals surface area contributed by atoms with E-state index in [4.69, 9.17) is 21.1 Å². The average molecular weight is 471 g/mol. The molecule has 1 fully saturated rings. The van der Waals surface area contributed by atoms with Gasteiger partial charge in [0.25, 0.3) is 10.0 Å². The van der Waals surface area contributed by atoms with Gasteiger partial charge in [0.1, 0.15) is 17.2 Å². The lowest BCUT2D eigenvalue weighted by Crippen LogP contribution is -2.43. The van der Waals surface area contributed by atoms with Crippen molar-refractivity contribution in [2.24, 2.45) is 5.92 Å². The standard InChI is InChI=1S/C20H27ClN4O5S/c1-13(2)24-11-18(22-12-24)31(27,28)25-7-5-6-14(10-25)20(26)23-19-16(21)8-15(29-3)9-17(19)30-4/h8-9,11-14H,5-7,10H2,1-4H3,(H,23,26)/t14-/m1/s1. The number of carbonyl (C=O) groups is 1. The van der Waals surface area contributed by atoms with Crippen LogP contribution >= 0.6 is 11.6 Å². The van der Waals surface area contributed by atoms with Gasteiger partial charge in [0, 0.05) is 37.5 Å². The Hall–Kier alpha value is -2.30. The highest BCUT2D eigenvalue weighted by Crippen LogP contribution is 2.37. The summed E-state index contributed by atoms with van der Waals surface area (Å²) in [5.41, 5.74) is 0.325. The second-order valence-electron chi connectivity index (χ2n) is 7.63. The number of ether oxygens (including phenoxy) is 2. The van der Waals surface area contributed by atoms with E-state index >= 15 is 0 Å². The zero-order valence-corrected chi connectivity index (χ0v) is 19.5. The minimum absolute atomic E-state index is 0.0119. The molecule has 9 nitrogen and oxygen atoms in total. The minimum atomic E-state index is -3.79. The van der Waals surface area contributed by atoms with Crippen LogP contribution in [-0.4, -0.2) is 55.5 Å². The van der Waals surface area contributed by atoms with Crippen LogP contribution in [0.3, 0.4) is 0 Å². The van der Waals surface area contributed by atoms with Gasteiger partial charge in [0.05, 0.1) is 31.5 Å². The Balaban J connectivity index is 1.77. The number of nitrogens with zero attached hydrogens (tertiary/aromatic N) is 3. The van der Waals surface area contributed by atoms with Gasteiger partial charge in [-0.2, -0.15) is 4.31 Å². The molecule has 1 N–H and O–H groups in total. The zero-order valence-electron chi connectivity index (χ0n) is 18.0. The summed E-state index contributed by atoms with van der Waals surface area (Å²) < 4.78 is 39.6. The summed E-state index contributed by atoms with van der Waals surface area (Å²) in [5, 5.41) is 3.04. The average Bonchev–Trinajstić information content (AvgIpc) is 3.26. The van der Waals surface area contributed by atoms with Crippen LogP contribution in [-0.2, 0) is 14.8 Å². The van der Waals surface area contributed by atoms with Gasteiger partial charge >= 0.3 is 0 Å². The molecule has 0 bridgehead atoms. The maximum Gasteiger partial charge on any atom is 0.262 e. The van der Waals surface area contributed by atoms with Crippen molar-refractivity contribution in [2.75, 3.05) is 32.6 Å². The molecule has 0 unspecified atom stereocenters. The molecule has 1 aliphatic heterocycles. The fourth-order valence-electron chi connectivity index (χ4n) is 3.42. The van der Waals surface area contributed by atoms with Crippen LogP contribution in [0, 0.1) is 5.92 Å². The Bertz CT molecular complexity index is 1050. The number of sulfonamides is 1. The van der Waals surface area contributed by atoms with Crippen molar-refractivity contribution in [3.63, 3.8) is 0 Å². The number of amides is 1. The SMILES string of the molecule is COc1cc(Cl)c(NC(=O)[C@@H]2CCCN(S(=O)(=O)c3cn(C(C)C)cn3)C2)c(OC)c1. The third-order valence-corrected chi connectivity index (χ3v) is 7.31. The highest BCUT2D eigenvalue weighted by atomic mass is 35.5. The predicted molar refractivity (Wildman–Crippen MR) is 117 cm³/mol. The molecule has 1 aromatic carbocycles. The number of aromatic nitrogens is 2. The fourth-order valence-corrected chi connectivity index (χ4v) is 5.12. The summed E-state index contributed by atoms with van der Waals surface area (Å²) in [4.78, 5) is 17.0. The number of benzene rings is 1. The lowest BCUT2D eigenvalue weighted by Gasteiger charge is -2.30. The summed E-state index contributed by atoms with van der Waals surface area (Å²) in [7, 11) is -0.821. The van der Waals surface area contributed by atoms with Crippen molar-refractivity contribution < 1.29 is 22.7 Å². The topological polar surface area (TPSA) is 103 Å². The lowest BCUT2D eigenvalue weighted by molar-refractivity contribution is -0.120. The number of piperidine rings is 1. The smallest absolute Gasteiger partial charge is 0.262 e. The second-order valence-corrected chi connectivity index (χ2v) is 9.92. The molecule has 11 heteroatoms. The second kappa shape index (κ2) is 9.46. The number of nitrogens with one attached hydrogen (secondary N) is 1. The molecule has 3 rings (SSSR count). The Morgan fingerprint density at radius 1 is 1.29 bits per heavy atom. The van der Waals surface area contributed by atoms with Crippen molar-refractivity contribution in [1.29, 1.82) is 0 Å². The van der Waals surface area contributed by atoms with Crippen molar-refractivity contribution >= 4 is 33.2 Å². The molecule has 31 heavy (non-hydrogen) atoms. The van der Waals surface area contributed by atoms with Crippen LogP contribution in [0.15, 0.2) is 29.7 Å². The first-order valence-electron chi connectivity index (χ1n) is 9.93. The number of hydrogen-bond donors (Lipinski definition) is 1. The van der Waals surface area contributed by atoms with Crippen LogP contribution in [0.5, 0.6) is 11.5 Å². The van der Waals surface area contributed by atoms with E-state index in [0.29, 0.717) is 36.6 Å². The largest absolute Gasteiger partial charge is 0.497 e. The molecular formula is C20H27ClN4O5S. The molecule has 1 atom stereocenters. The first kappa shape index (κ1) is 23.4. The summed E-state index contributed by atoms with van der Waals surface area (Å²) >= 11 is 6.29. The van der Waals surface area contributed by atoms with Gasteiger partial charge in [-0.15, -0.1) is 0 Å². The number of methoxy groups -OCH3 is 2. The van der Waals surface area contributed by atoms with Crippen molar-refractivity contribution in [2.45, 2.75) is 37.8 Å². The first-order chi connectivity index (χ1) is 14.7. The Kier molecular flexibility index (Phi) is 7.13. The van der Waals surface area contributed by atoms with E-state index in [2.05, 4.69) is 10.3 Å². The predicted octanol–water partition coefficient (Wildman–Crippen LogP) is 3.17. The highest BCUT2D eigenvalue weighted by Gasteiger charge is 2.35. The molecule has 1 saturated heterocycles. The van der Waals surface area contributed by atoms with Crippen molar-refractivity contribution in [3.8, 4) is 11.5 Å². The molecule has 0 saturated carbocycles. The molecule has 0 radical (unpaired) electrons. The van der Waals surface area contributed by atoms with Crippen molar-refractivity contribution in [1.82, 2.24) is 13.9 Å². The molecule has 1 aromatic heterocycles. The van der Waals surface area contributed by atoms with E-state index in [-0.39, 0.29) is 28.5 Å². The summed E-state index contributed by atoms with van der Waals surface area (Å²) in [5.74, 6) is 0.00407. The molecule has 2 aromatic rings. The first-order valence-corrected chi connectivity index (χ1v) is 11.7. The summed E-state index contributed by atoms with van der Waals surface area (Å²) in [6, 6.07) is 3.28. The third-order valence-electron chi connectivity index (χ3n) is 5.26. The van der Waals surface area contributed by atoms with Crippen LogP contribution in [0.1, 0.15) is 32.7 Å². The van der Waals surface area contributed by atoms with E-state index in [1.165, 1.54) is 31.0 Å². The molecule has 0 aliphatic carbocycles. The van der Waals surface area contributed by atoms with E-state index in [9.17, 15) is 13.2 Å². The lowest BCUT2D eigenvalue weighted by atomic mass is 9.98. The molecule has 0 spiro atoms. The van der Waals surface area contributed by atoms with Gasteiger partial charge < -0.3 is 19.4 Å². The Morgan fingerprint density at radius 3 is 2.65 bits per heavy atom. The van der Waals surface area contributed by atoms with Gasteiger partial charge in [0.15, 0.2) is 5.03 Å². The summed E-state index contributed by atoms with van der Waals surface area (Å²) in [6.07, 6.45) is 4.15. The van der Waals surface area contributed by atoms with Gasteiger partial charge in [-0.1, -0.05) is 11.6 Å². The maximum atomic E-state index is 13.0. The molecule has 1 aliphatic rings. The van der Waals surface area contributed by atoms with Crippen LogP contribution < -0.4 is 14.8 Å². The highest BCUT2D eigenvalue weighted by molar-refractivity contribution is 7.89. The van der Waals surface area contributed by atoms with Gasteiger partial charge in [0.2, 0.25) is 5.91 Å². The molecular weight excluding hydrogens is 444 g/mol. The van der Waals surface area contributed by atoms with Crippen LogP contribution in [0.25, 0.3) is 0 Å². The van der Waals surface area contributed by atoms with Crippen LogP contribution in [0.2, 0.25) is 5.02 Å². The van der Waals surface area contributed by atoms with E-state index < -0.39 is 15.9 Å². The van der Waals surface area contributed by atoms with Gasteiger partial charge in [-0.3, -0.25) is 4.79 Å². The zero-order chi connectivity index (χ0) is 22.8. The fraction of sp³-hybridized carbons (Fsp3) is 0.500. The molecule has 1 amide bonds. The van der Waals surface area contributed by atoms with Crippen LogP contribution in [0.4, 0.5) is 5.69 Å². The van der Waals surface area contributed by atoms with E-state index in [1.807, 2.05) is 13.8 Å². The van der Waals surface area contributed by atoms with Crippen molar-refractivity contribution in [3.05, 3.63) is 29.7 Å². The summed E-state index contributed by atoms with van der Waals surface area (Å²) in [6.45, 7) is 4.29. The number of carbonyl (C=O) groups excluding carboxylic acids is 1. The number of hydrogen-bond acceptors (Lipinski definition) is 6. The minimum Gasteiger partial charge on any atom is -0.497 e.